The van der Waals surface area contributed by atoms with Gasteiger partial charge in [0.05, 0.1) is 9.85 Å². The van der Waals surface area contributed by atoms with Gasteiger partial charge in [0.2, 0.25) is 5.91 Å². The normalized spacial score (nSPS) is 10.3. The van der Waals surface area contributed by atoms with Crippen molar-refractivity contribution in [3.8, 4) is 0 Å². The van der Waals surface area contributed by atoms with Crippen LogP contribution in [0.4, 0.5) is 17.1 Å². The molecule has 0 radical (unpaired) electrons. The van der Waals surface area contributed by atoms with Gasteiger partial charge in [0.1, 0.15) is 5.69 Å². The van der Waals surface area contributed by atoms with Crippen LogP contribution in [0, 0.1) is 20.2 Å². The van der Waals surface area contributed by atoms with E-state index in [0.29, 0.717) is 5.56 Å². The molecule has 0 bridgehead atoms. The first-order valence-electron chi connectivity index (χ1n) is 7.15. The maximum atomic E-state index is 11.8. The van der Waals surface area contributed by atoms with E-state index >= 15 is 0 Å². The van der Waals surface area contributed by atoms with Crippen LogP contribution in [0.5, 0.6) is 0 Å². The molecule has 1 amide bonds. The second kappa shape index (κ2) is 8.44. The molecule has 9 nitrogen and oxygen atoms in total. The van der Waals surface area contributed by atoms with Crippen LogP contribution in [-0.2, 0) is 4.79 Å². The minimum Gasteiger partial charge on any atom is -0.327 e. The number of hydrogen-bond acceptors (Lipinski definition) is 6. The number of nitro benzene ring substituents is 2. The summed E-state index contributed by atoms with van der Waals surface area (Å²) in [6.07, 6.45) is 2.64. The van der Waals surface area contributed by atoms with Crippen LogP contribution < -0.4 is 10.6 Å². The average Bonchev–Trinajstić information content (AvgIpc) is 2.60. The van der Waals surface area contributed by atoms with Crippen molar-refractivity contribution in [1.29, 1.82) is 0 Å². The van der Waals surface area contributed by atoms with E-state index in [1.165, 1.54) is 54.6 Å². The summed E-state index contributed by atoms with van der Waals surface area (Å²) in [5.74, 6) is -0.556. The molecule has 0 fully saturated rings. The molecule has 0 aliphatic carbocycles. The van der Waals surface area contributed by atoms with E-state index in [2.05, 4.69) is 10.6 Å². The van der Waals surface area contributed by atoms with Crippen LogP contribution >= 0.6 is 12.2 Å². The Kier molecular flexibility index (Phi) is 6.06. The Bertz CT molecular complexity index is 896. The van der Waals surface area contributed by atoms with E-state index in [9.17, 15) is 25.0 Å². The number of benzene rings is 2. The number of carbonyl (C=O) groups excluding carboxylic acids is 1. The Morgan fingerprint density at radius 3 is 2.27 bits per heavy atom. The number of thiocarbonyl (C=S) groups is 1. The third-order valence-electron chi connectivity index (χ3n) is 3.12. The molecule has 26 heavy (non-hydrogen) atoms. The van der Waals surface area contributed by atoms with Gasteiger partial charge in [0.25, 0.3) is 11.4 Å². The van der Waals surface area contributed by atoms with E-state index in [0.717, 1.165) is 0 Å². The highest BCUT2D eigenvalue weighted by Gasteiger charge is 2.13. The predicted molar refractivity (Wildman–Crippen MR) is 99.6 cm³/mol. The maximum absolute atomic E-state index is 11.8. The Hall–Kier alpha value is -3.66. The summed E-state index contributed by atoms with van der Waals surface area (Å²) in [7, 11) is 0. The molecule has 2 aromatic carbocycles. The van der Waals surface area contributed by atoms with Crippen LogP contribution in [0.2, 0.25) is 0 Å². The van der Waals surface area contributed by atoms with Crippen molar-refractivity contribution in [1.82, 2.24) is 5.32 Å². The summed E-state index contributed by atoms with van der Waals surface area (Å²) < 4.78 is 0. The van der Waals surface area contributed by atoms with Crippen molar-refractivity contribution in [3.05, 3.63) is 80.4 Å². The number of amides is 1. The van der Waals surface area contributed by atoms with Crippen molar-refractivity contribution in [2.24, 2.45) is 0 Å². The van der Waals surface area contributed by atoms with Crippen molar-refractivity contribution < 1.29 is 14.6 Å². The van der Waals surface area contributed by atoms with Crippen LogP contribution in [-0.4, -0.2) is 20.9 Å². The lowest BCUT2D eigenvalue weighted by molar-refractivity contribution is -0.384. The van der Waals surface area contributed by atoms with Crippen LogP contribution in [0.1, 0.15) is 5.56 Å². The van der Waals surface area contributed by atoms with Gasteiger partial charge in [0.15, 0.2) is 5.11 Å². The number of nitrogens with zero attached hydrogens (tertiary/aromatic N) is 2. The van der Waals surface area contributed by atoms with E-state index in [1.807, 2.05) is 0 Å². The molecular formula is C16H12N4O5S. The summed E-state index contributed by atoms with van der Waals surface area (Å²) in [6, 6.07) is 11.5. The van der Waals surface area contributed by atoms with Gasteiger partial charge in [0, 0.05) is 24.3 Å². The zero-order valence-electron chi connectivity index (χ0n) is 13.1. The minimum atomic E-state index is -0.568. The molecule has 0 unspecified atom stereocenters. The number of hydrogen-bond donors (Lipinski definition) is 2. The zero-order valence-corrected chi connectivity index (χ0v) is 13.9. The molecule has 2 N–H and O–H groups in total. The smallest absolute Gasteiger partial charge is 0.292 e. The van der Waals surface area contributed by atoms with Crippen LogP contribution in [0.25, 0.3) is 6.08 Å². The average molecular weight is 372 g/mol. The van der Waals surface area contributed by atoms with Gasteiger partial charge in [-0.05, 0) is 42.1 Å². The van der Waals surface area contributed by atoms with Gasteiger partial charge >= 0.3 is 0 Å². The fourth-order valence-corrected chi connectivity index (χ4v) is 2.14. The quantitative estimate of drug-likeness (QED) is 0.357. The Labute approximate surface area is 152 Å². The van der Waals surface area contributed by atoms with Gasteiger partial charge in [-0.15, -0.1) is 0 Å². The number of anilines is 1. The van der Waals surface area contributed by atoms with Gasteiger partial charge in [-0.2, -0.15) is 0 Å². The summed E-state index contributed by atoms with van der Waals surface area (Å²) in [4.78, 5) is 32.3. The first-order chi connectivity index (χ1) is 12.4. The predicted octanol–water partition coefficient (Wildman–Crippen LogP) is 3.03. The van der Waals surface area contributed by atoms with Crippen LogP contribution in [0.15, 0.2) is 54.6 Å². The molecule has 0 saturated carbocycles. The van der Waals surface area contributed by atoms with Crippen molar-refractivity contribution >= 4 is 46.4 Å². The van der Waals surface area contributed by atoms with Gasteiger partial charge in [-0.1, -0.05) is 12.1 Å². The molecule has 10 heteroatoms. The summed E-state index contributed by atoms with van der Waals surface area (Å²) in [6.45, 7) is 0. The maximum Gasteiger partial charge on any atom is 0.292 e. The fourth-order valence-electron chi connectivity index (χ4n) is 1.92. The number of nitrogens with one attached hydrogen (secondary N) is 2. The van der Waals surface area contributed by atoms with Gasteiger partial charge < -0.3 is 5.32 Å². The summed E-state index contributed by atoms with van der Waals surface area (Å²) in [5.41, 5.74) is 0.512. The second-order valence-corrected chi connectivity index (χ2v) is 5.31. The lowest BCUT2D eigenvalue weighted by atomic mass is 10.2. The molecular weight excluding hydrogens is 360 g/mol. The molecule has 0 aromatic heterocycles. The topological polar surface area (TPSA) is 127 Å². The summed E-state index contributed by atoms with van der Waals surface area (Å²) in [5, 5.41) is 26.4. The Morgan fingerprint density at radius 1 is 1.00 bits per heavy atom. The highest BCUT2D eigenvalue weighted by atomic mass is 32.1. The van der Waals surface area contributed by atoms with Gasteiger partial charge in [-0.3, -0.25) is 30.3 Å². The summed E-state index contributed by atoms with van der Waals surface area (Å²) >= 11 is 4.96. The zero-order chi connectivity index (χ0) is 19.1. The molecule has 0 aliphatic rings. The molecule has 0 aliphatic heterocycles. The molecule has 0 saturated heterocycles. The van der Waals surface area contributed by atoms with Crippen molar-refractivity contribution in [3.63, 3.8) is 0 Å². The number of para-hydroxylation sites is 2. The SMILES string of the molecule is O=C(/C=C/c1ccc([N+](=O)[O-])cc1)NC(=S)Nc1ccccc1[N+](=O)[O-]. The molecule has 0 atom stereocenters. The second-order valence-electron chi connectivity index (χ2n) is 4.90. The minimum absolute atomic E-state index is 0.0542. The first kappa shape index (κ1) is 18.7. The number of nitro groups is 2. The number of rotatable bonds is 5. The van der Waals surface area contributed by atoms with E-state index in [1.54, 1.807) is 6.07 Å². The van der Waals surface area contributed by atoms with E-state index in [4.69, 9.17) is 12.2 Å². The van der Waals surface area contributed by atoms with E-state index < -0.39 is 15.8 Å². The van der Waals surface area contributed by atoms with Crippen molar-refractivity contribution in [2.45, 2.75) is 0 Å². The molecule has 132 valence electrons. The number of carbonyl (C=O) groups is 1. The molecule has 2 aromatic rings. The Balaban J connectivity index is 1.96. The standard InChI is InChI=1S/C16H12N4O5S/c21-15(10-7-11-5-8-12(9-6-11)19(22)23)18-16(26)17-13-3-1-2-4-14(13)20(24)25/h1-10H,(H2,17,18,21,26)/b10-7+. The third-order valence-corrected chi connectivity index (χ3v) is 3.32. The van der Waals surface area contributed by atoms with Crippen molar-refractivity contribution in [2.75, 3.05) is 5.32 Å². The first-order valence-corrected chi connectivity index (χ1v) is 7.55. The molecule has 2 rings (SSSR count). The van der Waals surface area contributed by atoms with Crippen LogP contribution in [0.3, 0.4) is 0 Å². The number of non-ortho nitro benzene ring substituents is 1. The highest BCUT2D eigenvalue weighted by Crippen LogP contribution is 2.22. The molecule has 0 heterocycles. The lowest BCUT2D eigenvalue weighted by Crippen LogP contribution is -2.33. The molecule has 0 spiro atoms. The highest BCUT2D eigenvalue weighted by molar-refractivity contribution is 7.80. The Morgan fingerprint density at radius 2 is 1.65 bits per heavy atom. The largest absolute Gasteiger partial charge is 0.327 e. The van der Waals surface area contributed by atoms with E-state index in [-0.39, 0.29) is 22.2 Å². The van der Waals surface area contributed by atoms with Gasteiger partial charge in [-0.25, -0.2) is 0 Å². The monoisotopic (exact) mass is 372 g/mol. The fraction of sp³-hybridized carbons (Fsp3) is 0. The third kappa shape index (κ3) is 5.18. The lowest BCUT2D eigenvalue weighted by Gasteiger charge is -2.08.